The van der Waals surface area contributed by atoms with E-state index in [9.17, 15) is 0 Å². The molecule has 0 radical (unpaired) electrons. The van der Waals surface area contributed by atoms with E-state index >= 15 is 0 Å². The third kappa shape index (κ3) is 1.58. The molecule has 4 unspecified atom stereocenters. The summed E-state index contributed by atoms with van der Waals surface area (Å²) in [7, 11) is 0. The molecule has 3 fully saturated rings. The molecule has 4 atom stereocenters. The van der Waals surface area contributed by atoms with Gasteiger partial charge in [0.2, 0.25) is 0 Å². The molecule has 3 rings (SSSR count). The van der Waals surface area contributed by atoms with E-state index in [1.165, 1.54) is 38.5 Å². The Morgan fingerprint density at radius 3 is 2.81 bits per heavy atom. The van der Waals surface area contributed by atoms with Gasteiger partial charge in [0.25, 0.3) is 0 Å². The normalized spacial score (nSPS) is 49.9. The van der Waals surface area contributed by atoms with Crippen molar-refractivity contribution in [3.63, 3.8) is 0 Å². The number of hydrogen-bond donors (Lipinski definition) is 2. The molecular weight excluding hydrogens is 236 g/mol. The van der Waals surface area contributed by atoms with Crippen LogP contribution in [0.15, 0.2) is 0 Å². The molecule has 0 amide bonds. The molecule has 0 aromatic heterocycles. The molecular formula is C13H22OS2. The van der Waals surface area contributed by atoms with Crippen LogP contribution in [0.5, 0.6) is 0 Å². The van der Waals surface area contributed by atoms with Gasteiger partial charge in [-0.25, -0.2) is 0 Å². The Kier molecular flexibility index (Phi) is 3.00. The Hall–Kier alpha value is 0.660. The standard InChI is InChI=1S/C13H22OS2/c15-7-3-6-14-12-8-10-4-1-2-5-11(10)13(12,16)9-12/h10-11,15-16H,1-9H2. The molecule has 16 heavy (non-hydrogen) atoms. The molecule has 1 nitrogen and oxygen atoms in total. The molecule has 92 valence electrons. The first kappa shape index (κ1) is 11.7. The zero-order chi connectivity index (χ0) is 11.2. The molecule has 3 aliphatic rings. The van der Waals surface area contributed by atoms with E-state index in [1.54, 1.807) is 0 Å². The maximum Gasteiger partial charge on any atom is 0.0846 e. The van der Waals surface area contributed by atoms with Crippen LogP contribution in [0.1, 0.15) is 44.9 Å². The highest BCUT2D eigenvalue weighted by molar-refractivity contribution is 7.82. The van der Waals surface area contributed by atoms with Crippen LogP contribution in [-0.4, -0.2) is 22.7 Å². The predicted molar refractivity (Wildman–Crippen MR) is 73.6 cm³/mol. The first-order valence-electron chi connectivity index (χ1n) is 6.69. The van der Waals surface area contributed by atoms with E-state index in [2.05, 4.69) is 12.6 Å². The zero-order valence-corrected chi connectivity index (χ0v) is 11.6. The Bertz CT molecular complexity index is 283. The van der Waals surface area contributed by atoms with Crippen LogP contribution in [-0.2, 0) is 4.74 Å². The van der Waals surface area contributed by atoms with Gasteiger partial charge in [0.15, 0.2) is 0 Å². The molecule has 3 saturated carbocycles. The maximum absolute atomic E-state index is 6.17. The van der Waals surface area contributed by atoms with Crippen molar-refractivity contribution in [3.8, 4) is 0 Å². The lowest BCUT2D eigenvalue weighted by molar-refractivity contribution is 0.0264. The summed E-state index contributed by atoms with van der Waals surface area (Å²) in [6, 6.07) is 0. The van der Waals surface area contributed by atoms with Gasteiger partial charge in [-0.2, -0.15) is 25.3 Å². The summed E-state index contributed by atoms with van der Waals surface area (Å²) in [5.74, 6) is 2.69. The van der Waals surface area contributed by atoms with Crippen molar-refractivity contribution in [1.82, 2.24) is 0 Å². The van der Waals surface area contributed by atoms with E-state index in [0.29, 0.717) is 0 Å². The highest BCUT2D eigenvalue weighted by Crippen LogP contribution is 2.72. The van der Waals surface area contributed by atoms with Gasteiger partial charge >= 0.3 is 0 Å². The largest absolute Gasteiger partial charge is 0.373 e. The highest BCUT2D eigenvalue weighted by atomic mass is 32.1. The zero-order valence-electron chi connectivity index (χ0n) is 9.82. The lowest BCUT2D eigenvalue weighted by atomic mass is 9.78. The average molecular weight is 258 g/mol. The van der Waals surface area contributed by atoms with Crippen LogP contribution in [0, 0.1) is 11.8 Å². The SMILES string of the molecule is SCCCOC12CC3CCCCC3C1(S)C2. The van der Waals surface area contributed by atoms with E-state index in [4.69, 9.17) is 17.4 Å². The van der Waals surface area contributed by atoms with Gasteiger partial charge in [0.05, 0.1) is 5.60 Å². The van der Waals surface area contributed by atoms with Gasteiger partial charge in [-0.3, -0.25) is 0 Å². The summed E-state index contributed by atoms with van der Waals surface area (Å²) in [5, 5.41) is 0. The molecule has 0 heterocycles. The molecule has 3 heteroatoms. The third-order valence-electron chi connectivity index (χ3n) is 5.01. The smallest absolute Gasteiger partial charge is 0.0846 e. The Morgan fingerprint density at radius 2 is 2.06 bits per heavy atom. The van der Waals surface area contributed by atoms with Gasteiger partial charge in [-0.15, -0.1) is 0 Å². The van der Waals surface area contributed by atoms with E-state index in [1.807, 2.05) is 0 Å². The van der Waals surface area contributed by atoms with Crippen molar-refractivity contribution in [2.45, 2.75) is 55.3 Å². The molecule has 0 spiro atoms. The van der Waals surface area contributed by atoms with Crippen molar-refractivity contribution in [1.29, 1.82) is 0 Å². The van der Waals surface area contributed by atoms with Crippen molar-refractivity contribution >= 4 is 25.3 Å². The van der Waals surface area contributed by atoms with Crippen LogP contribution < -0.4 is 0 Å². The van der Waals surface area contributed by atoms with Crippen LogP contribution >= 0.6 is 25.3 Å². The van der Waals surface area contributed by atoms with Gasteiger partial charge in [0, 0.05) is 11.4 Å². The minimum absolute atomic E-state index is 0.165. The molecule has 0 bridgehead atoms. The molecule has 0 aromatic carbocycles. The lowest BCUT2D eigenvalue weighted by Gasteiger charge is -2.29. The van der Waals surface area contributed by atoms with Crippen molar-refractivity contribution < 1.29 is 4.74 Å². The number of fused-ring (bicyclic) bond motifs is 3. The molecule has 0 N–H and O–H groups in total. The lowest BCUT2D eigenvalue weighted by Crippen LogP contribution is -2.25. The summed E-state index contributed by atoms with van der Waals surface area (Å²) in [6.07, 6.45) is 9.22. The topological polar surface area (TPSA) is 9.23 Å². The Labute approximate surface area is 110 Å². The highest BCUT2D eigenvalue weighted by Gasteiger charge is 2.75. The van der Waals surface area contributed by atoms with Crippen LogP contribution in [0.2, 0.25) is 0 Å². The van der Waals surface area contributed by atoms with Crippen molar-refractivity contribution in [2.24, 2.45) is 11.8 Å². The Balaban J connectivity index is 1.66. The number of ether oxygens (including phenoxy) is 1. The van der Waals surface area contributed by atoms with Crippen LogP contribution in [0.3, 0.4) is 0 Å². The second kappa shape index (κ2) is 4.10. The summed E-state index contributed by atoms with van der Waals surface area (Å²) >= 11 is 9.23. The number of thiol groups is 2. The second-order valence-corrected chi connectivity index (χ2v) is 7.12. The maximum atomic E-state index is 6.17. The van der Waals surface area contributed by atoms with Gasteiger partial charge in [-0.1, -0.05) is 19.3 Å². The fraction of sp³-hybridized carbons (Fsp3) is 1.00. The Morgan fingerprint density at radius 1 is 1.25 bits per heavy atom. The summed E-state index contributed by atoms with van der Waals surface area (Å²) in [6.45, 7) is 0.880. The predicted octanol–water partition coefficient (Wildman–Crippen LogP) is 3.34. The van der Waals surface area contributed by atoms with Crippen LogP contribution in [0.4, 0.5) is 0 Å². The van der Waals surface area contributed by atoms with E-state index < -0.39 is 0 Å². The minimum atomic E-state index is 0.165. The quantitative estimate of drug-likeness (QED) is 0.581. The fourth-order valence-corrected chi connectivity index (χ4v) is 5.06. The van der Waals surface area contributed by atoms with Crippen molar-refractivity contribution in [3.05, 3.63) is 0 Å². The summed E-state index contributed by atoms with van der Waals surface area (Å²) < 4.78 is 6.42. The monoisotopic (exact) mass is 258 g/mol. The van der Waals surface area contributed by atoms with E-state index in [0.717, 1.165) is 30.6 Å². The van der Waals surface area contributed by atoms with Gasteiger partial charge in [-0.05, 0) is 43.3 Å². The van der Waals surface area contributed by atoms with Gasteiger partial charge in [0.1, 0.15) is 0 Å². The molecule has 3 aliphatic carbocycles. The van der Waals surface area contributed by atoms with Gasteiger partial charge < -0.3 is 4.74 Å². The van der Waals surface area contributed by atoms with Crippen LogP contribution in [0.25, 0.3) is 0 Å². The summed E-state index contributed by atoms with van der Waals surface area (Å²) in [4.78, 5) is 0. The average Bonchev–Trinajstić information content (AvgIpc) is 2.78. The second-order valence-electron chi connectivity index (χ2n) is 5.88. The first-order valence-corrected chi connectivity index (χ1v) is 7.77. The first-order chi connectivity index (χ1) is 7.72. The minimum Gasteiger partial charge on any atom is -0.373 e. The number of rotatable bonds is 4. The molecule has 0 saturated heterocycles. The van der Waals surface area contributed by atoms with E-state index in [-0.39, 0.29) is 10.3 Å². The fourth-order valence-electron chi connectivity index (χ4n) is 4.18. The van der Waals surface area contributed by atoms with Crippen molar-refractivity contribution in [2.75, 3.05) is 12.4 Å². The number of hydrogen-bond acceptors (Lipinski definition) is 3. The molecule has 0 aliphatic heterocycles. The summed E-state index contributed by atoms with van der Waals surface area (Å²) in [5.41, 5.74) is 0.165. The molecule has 0 aromatic rings. The third-order valence-corrected chi connectivity index (χ3v) is 6.23.